The number of hydrogen-bond acceptors (Lipinski definition) is 5. The van der Waals surface area contributed by atoms with Crippen molar-refractivity contribution in [3.8, 4) is 0 Å². The summed E-state index contributed by atoms with van der Waals surface area (Å²) in [4.78, 5) is 33.1. The topological polar surface area (TPSA) is 121 Å². The number of carbonyl (C=O) groups is 3. The average molecular weight is 408 g/mol. The van der Waals surface area contributed by atoms with Crippen LogP contribution in [0.2, 0.25) is 0 Å². The van der Waals surface area contributed by atoms with E-state index < -0.39 is 36.4 Å². The van der Waals surface area contributed by atoms with E-state index in [0.29, 0.717) is 6.42 Å². The third-order valence-corrected chi connectivity index (χ3v) is 4.04. The fourth-order valence-electron chi connectivity index (χ4n) is 2.53. The molecule has 0 aromatic rings. The summed E-state index contributed by atoms with van der Waals surface area (Å²) in [6, 6.07) is 0. The van der Waals surface area contributed by atoms with Crippen molar-refractivity contribution in [2.45, 2.75) is 89.6 Å². The van der Waals surface area contributed by atoms with Gasteiger partial charge in [-0.2, -0.15) is 0 Å². The first-order valence-electron chi connectivity index (χ1n) is 9.15. The fourth-order valence-corrected chi connectivity index (χ4v) is 2.53. The van der Waals surface area contributed by atoms with Gasteiger partial charge in [-0.15, -0.1) is 0 Å². The van der Waals surface area contributed by atoms with E-state index in [1.54, 1.807) is 0 Å². The number of aliphatic hydroxyl groups is 1. The van der Waals surface area contributed by atoms with Crippen LogP contribution in [0.25, 0.3) is 0 Å². The monoisotopic (exact) mass is 408 g/mol. The van der Waals surface area contributed by atoms with E-state index in [-0.39, 0.29) is 65.7 Å². The van der Waals surface area contributed by atoms with Crippen LogP contribution in [-0.2, 0) is 19.1 Å². The van der Waals surface area contributed by atoms with Crippen LogP contribution in [-0.4, -0.2) is 105 Å². The van der Waals surface area contributed by atoms with E-state index in [2.05, 4.69) is 6.92 Å². The molecule has 0 amide bonds. The van der Waals surface area contributed by atoms with Crippen molar-refractivity contribution in [2.75, 3.05) is 6.61 Å². The van der Waals surface area contributed by atoms with E-state index in [4.69, 9.17) is 14.9 Å². The molecule has 3 N–H and O–H groups in total. The standard InChI is InChI=1S/C18H32O7.2Na.2H/c1-2-3-4-5-6-7-8-9-10-11-12-25-16(21)14-18(24,17(22)23)13-15(19)20;;;;/h24H,2-14H2,1H3,(H,19,20)(H,22,23);;;;. The summed E-state index contributed by atoms with van der Waals surface area (Å²) in [6.07, 6.45) is 9.49. The predicted octanol–water partition coefficient (Wildman–Crippen LogP) is 1.83. The van der Waals surface area contributed by atoms with Crippen molar-refractivity contribution in [3.05, 3.63) is 0 Å². The van der Waals surface area contributed by atoms with Gasteiger partial charge in [0, 0.05) is 0 Å². The number of rotatable bonds is 16. The SMILES string of the molecule is CCCCCCCCCCCCOC(=O)CC(O)(CC(=O)O)C(=O)O.[NaH].[NaH]. The molecule has 0 aromatic heterocycles. The van der Waals surface area contributed by atoms with Gasteiger partial charge in [0.05, 0.1) is 19.4 Å². The van der Waals surface area contributed by atoms with Crippen molar-refractivity contribution in [1.82, 2.24) is 0 Å². The van der Waals surface area contributed by atoms with Gasteiger partial charge in [0.25, 0.3) is 0 Å². The van der Waals surface area contributed by atoms with Crippen molar-refractivity contribution in [3.63, 3.8) is 0 Å². The number of carboxylic acid groups (broad SMARTS) is 2. The maximum atomic E-state index is 11.6. The first-order valence-corrected chi connectivity index (χ1v) is 9.15. The fraction of sp³-hybridized carbons (Fsp3) is 0.833. The number of carbonyl (C=O) groups excluding carboxylic acids is 1. The first-order chi connectivity index (χ1) is 11.8. The molecular formula is C18H34Na2O7. The van der Waals surface area contributed by atoms with Crippen LogP contribution in [0.4, 0.5) is 0 Å². The molecule has 0 fully saturated rings. The van der Waals surface area contributed by atoms with Gasteiger partial charge in [-0.25, -0.2) is 4.79 Å². The van der Waals surface area contributed by atoms with Crippen LogP contribution in [0.3, 0.4) is 0 Å². The van der Waals surface area contributed by atoms with E-state index >= 15 is 0 Å². The molecule has 0 bridgehead atoms. The van der Waals surface area contributed by atoms with E-state index in [1.165, 1.54) is 38.5 Å². The summed E-state index contributed by atoms with van der Waals surface area (Å²) in [6.45, 7) is 2.35. The number of hydrogen-bond donors (Lipinski definition) is 3. The van der Waals surface area contributed by atoms with Crippen molar-refractivity contribution < 1.29 is 34.4 Å². The molecule has 0 aliphatic heterocycles. The van der Waals surface area contributed by atoms with Crippen molar-refractivity contribution in [2.24, 2.45) is 0 Å². The minimum atomic E-state index is -2.62. The first kappa shape index (κ1) is 32.0. The molecule has 9 heteroatoms. The normalized spacial score (nSPS) is 12.2. The van der Waals surface area contributed by atoms with Crippen molar-refractivity contribution in [1.29, 1.82) is 0 Å². The molecule has 0 heterocycles. The quantitative estimate of drug-likeness (QED) is 0.202. The molecule has 150 valence electrons. The Morgan fingerprint density at radius 2 is 1.22 bits per heavy atom. The third-order valence-electron chi connectivity index (χ3n) is 4.04. The van der Waals surface area contributed by atoms with Crippen LogP contribution < -0.4 is 0 Å². The molecule has 1 atom stereocenters. The van der Waals surface area contributed by atoms with Gasteiger partial charge in [-0.3, -0.25) is 9.59 Å². The Labute approximate surface area is 206 Å². The molecule has 7 nitrogen and oxygen atoms in total. The molecule has 1 unspecified atom stereocenters. The molecule has 0 saturated carbocycles. The number of aliphatic carboxylic acids is 2. The Kier molecular flexibility index (Phi) is 23.4. The molecule has 0 rings (SSSR count). The van der Waals surface area contributed by atoms with Gasteiger partial charge in [-0.1, -0.05) is 64.7 Å². The van der Waals surface area contributed by atoms with Gasteiger partial charge in [0.1, 0.15) is 0 Å². The Morgan fingerprint density at radius 1 is 0.778 bits per heavy atom. The zero-order valence-corrected chi connectivity index (χ0v) is 15.2. The Morgan fingerprint density at radius 3 is 1.63 bits per heavy atom. The number of ether oxygens (including phenoxy) is 1. The Bertz CT molecular complexity index is 419. The van der Waals surface area contributed by atoms with Crippen molar-refractivity contribution >= 4 is 77.0 Å². The van der Waals surface area contributed by atoms with E-state index in [1.807, 2.05) is 0 Å². The zero-order valence-electron chi connectivity index (χ0n) is 15.2. The molecule has 0 aliphatic rings. The second kappa shape index (κ2) is 19.7. The second-order valence-corrected chi connectivity index (χ2v) is 6.49. The van der Waals surface area contributed by atoms with Gasteiger partial charge in [0.2, 0.25) is 0 Å². The van der Waals surface area contributed by atoms with Gasteiger partial charge >= 0.3 is 77.0 Å². The van der Waals surface area contributed by atoms with Crippen LogP contribution in [0.5, 0.6) is 0 Å². The minimum absolute atomic E-state index is 0. The molecule has 0 saturated heterocycles. The van der Waals surface area contributed by atoms with Gasteiger partial charge in [0.15, 0.2) is 5.60 Å². The van der Waals surface area contributed by atoms with Crippen LogP contribution in [0.15, 0.2) is 0 Å². The summed E-state index contributed by atoms with van der Waals surface area (Å²) in [5, 5.41) is 27.2. The predicted molar refractivity (Wildman–Crippen MR) is 107 cm³/mol. The molecule has 0 aromatic carbocycles. The summed E-state index contributed by atoms with van der Waals surface area (Å²) in [7, 11) is 0. The number of unbranched alkanes of at least 4 members (excludes halogenated alkanes) is 9. The second-order valence-electron chi connectivity index (χ2n) is 6.49. The molecular weight excluding hydrogens is 374 g/mol. The summed E-state index contributed by atoms with van der Waals surface area (Å²) >= 11 is 0. The average Bonchev–Trinajstić information content (AvgIpc) is 2.51. The molecule has 27 heavy (non-hydrogen) atoms. The van der Waals surface area contributed by atoms with Crippen LogP contribution >= 0.6 is 0 Å². The Balaban J connectivity index is -0.00000288. The summed E-state index contributed by atoms with van der Waals surface area (Å²) in [5.41, 5.74) is -2.62. The van der Waals surface area contributed by atoms with E-state index in [9.17, 15) is 19.5 Å². The van der Waals surface area contributed by atoms with E-state index in [0.717, 1.165) is 19.3 Å². The molecule has 0 spiro atoms. The number of carboxylic acids is 2. The molecule has 0 aliphatic carbocycles. The van der Waals surface area contributed by atoms with Gasteiger partial charge < -0.3 is 20.1 Å². The summed E-state index contributed by atoms with van der Waals surface area (Å²) in [5.74, 6) is -4.14. The van der Waals surface area contributed by atoms with Crippen LogP contribution in [0.1, 0.15) is 84.0 Å². The third kappa shape index (κ3) is 18.2. The summed E-state index contributed by atoms with van der Waals surface area (Å²) < 4.78 is 4.89. The number of esters is 1. The Hall–Kier alpha value is 0.370. The van der Waals surface area contributed by atoms with Crippen LogP contribution in [0, 0.1) is 0 Å². The van der Waals surface area contributed by atoms with Gasteiger partial charge in [-0.05, 0) is 6.42 Å². The zero-order chi connectivity index (χ0) is 19.1. The maximum absolute atomic E-state index is 11.6. The molecule has 0 radical (unpaired) electrons.